The molecule has 0 bridgehead atoms. The molecule has 24 heavy (non-hydrogen) atoms. The van der Waals surface area contributed by atoms with Gasteiger partial charge in [-0.3, -0.25) is 14.1 Å². The largest absolute Gasteiger partial charge is 0.375 e. The summed E-state index contributed by atoms with van der Waals surface area (Å²) in [5.74, 6) is 0.0230. The molecule has 0 unspecified atom stereocenters. The second-order valence-corrected chi connectivity index (χ2v) is 7.87. The monoisotopic (exact) mass is 350 g/mol. The van der Waals surface area contributed by atoms with E-state index in [0.717, 1.165) is 23.7 Å². The lowest BCUT2D eigenvalue weighted by atomic mass is 10.1. The van der Waals surface area contributed by atoms with E-state index in [1.807, 2.05) is 6.20 Å². The molecule has 0 spiro atoms. The number of carbonyl (C=O) groups is 1. The number of morpholine rings is 1. The smallest absolute Gasteiger partial charge is 0.222 e. The molecule has 0 radical (unpaired) electrons. The molecule has 1 atom stereocenters. The number of fused-ring (bicyclic) bond motifs is 1. The molecule has 1 aliphatic rings. The highest BCUT2D eigenvalue weighted by Gasteiger charge is 2.24. The van der Waals surface area contributed by atoms with Crippen LogP contribution in [0.1, 0.15) is 36.5 Å². The van der Waals surface area contributed by atoms with Gasteiger partial charge in [0.05, 0.1) is 31.4 Å². The van der Waals surface area contributed by atoms with Crippen molar-refractivity contribution in [2.24, 2.45) is 0 Å². The fraction of sp³-hybridized carbons (Fsp3) is 0.647. The quantitative estimate of drug-likeness (QED) is 0.897. The summed E-state index contributed by atoms with van der Waals surface area (Å²) in [6.45, 7) is 11.5. The molecule has 132 valence electrons. The SMILES string of the molecule is Cc1sc2nc(CNC(=O)C[C@@H]3CN(C(C)C)CCO3)cn2c1C. The summed E-state index contributed by atoms with van der Waals surface area (Å²) >= 11 is 1.68. The van der Waals surface area contributed by atoms with Crippen LogP contribution in [0.25, 0.3) is 4.96 Å². The highest BCUT2D eigenvalue weighted by Crippen LogP contribution is 2.21. The molecule has 1 fully saturated rings. The standard InChI is InChI=1S/C17H26N4O2S/c1-11(2)20-5-6-23-15(10-20)7-16(22)18-8-14-9-21-12(3)13(4)24-17(21)19-14/h9,11,15H,5-8,10H2,1-4H3,(H,18,22)/t15-/m1/s1. The van der Waals surface area contributed by atoms with E-state index in [-0.39, 0.29) is 12.0 Å². The summed E-state index contributed by atoms with van der Waals surface area (Å²) in [6.07, 6.45) is 2.40. The third kappa shape index (κ3) is 3.79. The molecule has 3 rings (SSSR count). The maximum absolute atomic E-state index is 12.2. The first-order valence-electron chi connectivity index (χ1n) is 8.50. The van der Waals surface area contributed by atoms with E-state index < -0.39 is 0 Å². The molecule has 3 heterocycles. The molecule has 2 aromatic rings. The topological polar surface area (TPSA) is 58.9 Å². The zero-order valence-electron chi connectivity index (χ0n) is 14.8. The Hall–Kier alpha value is -1.44. The lowest BCUT2D eigenvalue weighted by molar-refractivity contribution is -0.126. The number of nitrogens with zero attached hydrogens (tertiary/aromatic N) is 3. The van der Waals surface area contributed by atoms with E-state index in [9.17, 15) is 4.79 Å². The number of hydrogen-bond acceptors (Lipinski definition) is 5. The van der Waals surface area contributed by atoms with Crippen LogP contribution in [0.2, 0.25) is 0 Å². The lowest BCUT2D eigenvalue weighted by Gasteiger charge is -2.35. The number of aromatic nitrogens is 2. The molecule has 0 aliphatic carbocycles. The minimum absolute atomic E-state index is 0.0171. The van der Waals surface area contributed by atoms with Gasteiger partial charge in [-0.2, -0.15) is 0 Å². The predicted octanol–water partition coefficient (Wildman–Crippen LogP) is 2.13. The van der Waals surface area contributed by atoms with Crippen molar-refractivity contribution in [2.75, 3.05) is 19.7 Å². The fourth-order valence-corrected chi connectivity index (χ4v) is 3.96. The van der Waals surface area contributed by atoms with Crippen molar-refractivity contribution >= 4 is 22.2 Å². The van der Waals surface area contributed by atoms with E-state index in [4.69, 9.17) is 4.74 Å². The van der Waals surface area contributed by atoms with Crippen LogP contribution in [0, 0.1) is 13.8 Å². The van der Waals surface area contributed by atoms with E-state index >= 15 is 0 Å². The molecule has 1 amide bonds. The zero-order valence-corrected chi connectivity index (χ0v) is 15.7. The minimum atomic E-state index is -0.0171. The van der Waals surface area contributed by atoms with E-state index in [1.165, 1.54) is 10.6 Å². The second-order valence-electron chi connectivity index (χ2n) is 6.69. The van der Waals surface area contributed by atoms with Gasteiger partial charge in [-0.25, -0.2) is 4.98 Å². The Balaban J connectivity index is 1.51. The third-order valence-corrected chi connectivity index (χ3v) is 5.69. The maximum Gasteiger partial charge on any atom is 0.222 e. The van der Waals surface area contributed by atoms with Crippen LogP contribution in [-0.4, -0.2) is 52.0 Å². The van der Waals surface area contributed by atoms with Crippen molar-refractivity contribution in [1.82, 2.24) is 19.6 Å². The van der Waals surface area contributed by atoms with Gasteiger partial charge in [0.2, 0.25) is 5.91 Å². The number of aryl methyl sites for hydroxylation is 2. The lowest BCUT2D eigenvalue weighted by Crippen LogP contribution is -2.47. The van der Waals surface area contributed by atoms with Crippen molar-refractivity contribution in [3.8, 4) is 0 Å². The Morgan fingerprint density at radius 3 is 3.00 bits per heavy atom. The molecule has 0 saturated carbocycles. The first kappa shape index (κ1) is 17.4. The fourth-order valence-electron chi connectivity index (χ4n) is 2.99. The molecule has 7 heteroatoms. The Morgan fingerprint density at radius 1 is 1.50 bits per heavy atom. The van der Waals surface area contributed by atoms with Crippen LogP contribution in [-0.2, 0) is 16.1 Å². The Labute approximate surface area is 146 Å². The maximum atomic E-state index is 12.2. The summed E-state index contributed by atoms with van der Waals surface area (Å²) < 4.78 is 7.81. The van der Waals surface area contributed by atoms with Crippen molar-refractivity contribution < 1.29 is 9.53 Å². The molecular formula is C17H26N4O2S. The number of ether oxygens (including phenoxy) is 1. The van der Waals surface area contributed by atoms with Crippen molar-refractivity contribution in [1.29, 1.82) is 0 Å². The molecule has 1 saturated heterocycles. The van der Waals surface area contributed by atoms with Crippen LogP contribution in [0.4, 0.5) is 0 Å². The molecule has 1 aliphatic heterocycles. The minimum Gasteiger partial charge on any atom is -0.375 e. The molecule has 6 nitrogen and oxygen atoms in total. The Morgan fingerprint density at radius 2 is 2.29 bits per heavy atom. The van der Waals surface area contributed by atoms with Crippen LogP contribution in [0.5, 0.6) is 0 Å². The highest BCUT2D eigenvalue weighted by molar-refractivity contribution is 7.17. The number of thiazole rings is 1. The predicted molar refractivity (Wildman–Crippen MR) is 95.5 cm³/mol. The molecule has 2 aromatic heterocycles. The van der Waals surface area contributed by atoms with Crippen molar-refractivity contribution in [3.05, 3.63) is 22.5 Å². The van der Waals surface area contributed by atoms with Gasteiger partial charge >= 0.3 is 0 Å². The van der Waals surface area contributed by atoms with Gasteiger partial charge in [-0.15, -0.1) is 11.3 Å². The summed E-state index contributed by atoms with van der Waals surface area (Å²) in [4.78, 5) is 21.4. The van der Waals surface area contributed by atoms with E-state index in [0.29, 0.717) is 25.6 Å². The Kier molecular flexibility index (Phi) is 5.22. The second kappa shape index (κ2) is 7.21. The van der Waals surface area contributed by atoms with Gasteiger partial charge in [0, 0.05) is 35.9 Å². The average Bonchev–Trinajstić information content (AvgIpc) is 3.05. The average molecular weight is 350 g/mol. The van der Waals surface area contributed by atoms with Gasteiger partial charge < -0.3 is 10.1 Å². The number of rotatable bonds is 5. The number of carbonyl (C=O) groups excluding carboxylic acids is 1. The van der Waals surface area contributed by atoms with Crippen LogP contribution in [0.15, 0.2) is 6.20 Å². The number of nitrogens with one attached hydrogen (secondary N) is 1. The van der Waals surface area contributed by atoms with Crippen LogP contribution in [0.3, 0.4) is 0 Å². The van der Waals surface area contributed by atoms with Gasteiger partial charge in [0.15, 0.2) is 4.96 Å². The molecule has 0 aromatic carbocycles. The van der Waals surface area contributed by atoms with Crippen molar-refractivity contribution in [2.45, 2.75) is 52.8 Å². The number of amides is 1. The first-order chi connectivity index (χ1) is 11.4. The van der Waals surface area contributed by atoms with Crippen LogP contribution < -0.4 is 5.32 Å². The third-order valence-electron chi connectivity index (χ3n) is 4.62. The summed E-state index contributed by atoms with van der Waals surface area (Å²) in [5.41, 5.74) is 2.11. The van der Waals surface area contributed by atoms with E-state index in [2.05, 4.69) is 47.3 Å². The summed E-state index contributed by atoms with van der Waals surface area (Å²) in [7, 11) is 0. The highest BCUT2D eigenvalue weighted by atomic mass is 32.1. The summed E-state index contributed by atoms with van der Waals surface area (Å²) in [6, 6.07) is 0.490. The van der Waals surface area contributed by atoms with Crippen LogP contribution >= 0.6 is 11.3 Å². The van der Waals surface area contributed by atoms with E-state index in [1.54, 1.807) is 11.3 Å². The number of imidazole rings is 1. The van der Waals surface area contributed by atoms with Gasteiger partial charge in [-0.1, -0.05) is 0 Å². The van der Waals surface area contributed by atoms with Gasteiger partial charge in [0.1, 0.15) is 0 Å². The summed E-state index contributed by atoms with van der Waals surface area (Å²) in [5, 5.41) is 2.97. The van der Waals surface area contributed by atoms with Gasteiger partial charge in [0.25, 0.3) is 0 Å². The van der Waals surface area contributed by atoms with Crippen molar-refractivity contribution in [3.63, 3.8) is 0 Å². The molecular weight excluding hydrogens is 324 g/mol. The first-order valence-corrected chi connectivity index (χ1v) is 9.32. The molecule has 1 N–H and O–H groups in total. The normalized spacial score (nSPS) is 19.3. The van der Waals surface area contributed by atoms with Gasteiger partial charge in [-0.05, 0) is 27.7 Å². The number of hydrogen-bond donors (Lipinski definition) is 1. The zero-order chi connectivity index (χ0) is 17.3. The Bertz CT molecular complexity index is 722.